The summed E-state index contributed by atoms with van der Waals surface area (Å²) in [6.45, 7) is 1.28. The number of benzene rings is 2. The Morgan fingerprint density at radius 2 is 1.87 bits per heavy atom. The molecule has 0 spiro atoms. The quantitative estimate of drug-likeness (QED) is 0.137. The van der Waals surface area contributed by atoms with Gasteiger partial charge in [-0.05, 0) is 77.1 Å². The van der Waals surface area contributed by atoms with E-state index in [1.54, 1.807) is 24.4 Å². The van der Waals surface area contributed by atoms with Crippen LogP contribution in [0, 0.1) is 5.82 Å². The van der Waals surface area contributed by atoms with Crippen LogP contribution in [0.3, 0.4) is 0 Å². The fourth-order valence-corrected chi connectivity index (χ4v) is 7.22. The van der Waals surface area contributed by atoms with E-state index in [0.717, 1.165) is 31.8 Å². The molecule has 0 atom stereocenters. The van der Waals surface area contributed by atoms with Gasteiger partial charge in [0.2, 0.25) is 0 Å². The average Bonchev–Trinajstić information content (AvgIpc) is 3.56. The molecule has 240 valence electrons. The van der Waals surface area contributed by atoms with Gasteiger partial charge < -0.3 is 15.0 Å². The van der Waals surface area contributed by atoms with Crippen LogP contribution in [0.25, 0.3) is 22.3 Å². The summed E-state index contributed by atoms with van der Waals surface area (Å²) in [6.07, 6.45) is 5.34. The van der Waals surface area contributed by atoms with Gasteiger partial charge in [0, 0.05) is 42.2 Å². The maximum Gasteiger partial charge on any atom is 0.196 e. The molecule has 0 fully saturated rings. The van der Waals surface area contributed by atoms with Gasteiger partial charge >= 0.3 is 0 Å². The monoisotopic (exact) mass is 733 g/mol. The van der Waals surface area contributed by atoms with Crippen molar-refractivity contribution in [2.24, 2.45) is 0 Å². The van der Waals surface area contributed by atoms with Crippen LogP contribution in [0.15, 0.2) is 100 Å². The first-order valence-electron chi connectivity index (χ1n) is 14.6. The summed E-state index contributed by atoms with van der Waals surface area (Å²) in [4.78, 5) is 24.2. The van der Waals surface area contributed by atoms with E-state index in [9.17, 15) is 12.8 Å². The number of ether oxygens (including phenoxy) is 1. The van der Waals surface area contributed by atoms with Crippen molar-refractivity contribution in [1.29, 1.82) is 0 Å². The lowest BCUT2D eigenvalue weighted by Gasteiger charge is -2.15. The fraction of sp³-hybridized carbons (Fsp3) is 0.182. The second-order valence-electron chi connectivity index (χ2n) is 10.7. The lowest BCUT2D eigenvalue weighted by molar-refractivity contribution is 0.303. The Bertz CT molecular complexity index is 2120. The Balaban J connectivity index is 1.09. The molecule has 0 bridgehead atoms. The van der Waals surface area contributed by atoms with Crippen molar-refractivity contribution in [3.63, 3.8) is 0 Å². The van der Waals surface area contributed by atoms with Crippen LogP contribution < -0.4 is 10.1 Å². The molecule has 4 aromatic heterocycles. The van der Waals surface area contributed by atoms with Crippen LogP contribution in [-0.2, 0) is 22.9 Å². The van der Waals surface area contributed by atoms with E-state index in [4.69, 9.17) is 9.72 Å². The number of anilines is 2. The maximum absolute atomic E-state index is 13.5. The highest BCUT2D eigenvalue weighted by Crippen LogP contribution is 2.32. The van der Waals surface area contributed by atoms with Crippen molar-refractivity contribution in [3.8, 4) is 17.1 Å². The minimum Gasteiger partial charge on any atom is -0.488 e. The van der Waals surface area contributed by atoms with E-state index < -0.39 is 9.84 Å². The van der Waals surface area contributed by atoms with Gasteiger partial charge in [0.1, 0.15) is 30.3 Å². The topological polar surface area (TPSA) is 123 Å². The molecule has 10 nitrogen and oxygen atoms in total. The summed E-state index contributed by atoms with van der Waals surface area (Å²) >= 11 is 5.11. The molecule has 0 saturated heterocycles. The van der Waals surface area contributed by atoms with Gasteiger partial charge in [-0.1, -0.05) is 18.2 Å². The van der Waals surface area contributed by atoms with E-state index in [-0.39, 0.29) is 23.2 Å². The Morgan fingerprint density at radius 3 is 2.68 bits per heavy atom. The molecule has 0 saturated carbocycles. The van der Waals surface area contributed by atoms with Gasteiger partial charge in [-0.15, -0.1) is 11.3 Å². The molecular formula is C33H29BrFN7O3S2. The van der Waals surface area contributed by atoms with Crippen molar-refractivity contribution in [1.82, 2.24) is 29.8 Å². The van der Waals surface area contributed by atoms with E-state index in [0.29, 0.717) is 42.3 Å². The predicted octanol–water partition coefficient (Wildman–Crippen LogP) is 6.72. The molecular weight excluding hydrogens is 705 g/mol. The number of likely N-dealkylation sites (N-methyl/N-ethyl adjacent to an activating group) is 1. The standard InChI is InChI=1S/C33H29BrFN7O3S2/c1-42(13-14-47(43,44)32-7-2-3-11-36-32)12-10-31-41-29(20-46-31)27-17-25-28(18-37-27)38-21-39-33(25)40-24-8-9-30(26(34)16-24)45-19-22-5-4-6-23(35)15-22/h2-9,11,15-18,20-21H,10,12-14,19H2,1H3,(H,38,39,40). The van der Waals surface area contributed by atoms with E-state index in [1.807, 2.05) is 47.7 Å². The second kappa shape index (κ2) is 14.6. The molecule has 6 rings (SSSR count). The van der Waals surface area contributed by atoms with Crippen LogP contribution in [-0.4, -0.2) is 64.1 Å². The number of halogens is 2. The zero-order chi connectivity index (χ0) is 32.8. The number of sulfone groups is 1. The molecule has 4 heterocycles. The third kappa shape index (κ3) is 8.32. The summed E-state index contributed by atoms with van der Waals surface area (Å²) in [5, 5.41) is 7.13. The first kappa shape index (κ1) is 32.6. The van der Waals surface area contributed by atoms with E-state index >= 15 is 0 Å². The third-order valence-corrected chi connectivity index (χ3v) is 10.3. The van der Waals surface area contributed by atoms with Gasteiger partial charge in [-0.2, -0.15) is 0 Å². The molecule has 1 N–H and O–H groups in total. The number of rotatable bonds is 13. The summed E-state index contributed by atoms with van der Waals surface area (Å²) < 4.78 is 45.2. The minimum absolute atomic E-state index is 0.00543. The third-order valence-electron chi connectivity index (χ3n) is 7.22. The average molecular weight is 735 g/mol. The highest BCUT2D eigenvalue weighted by Gasteiger charge is 2.17. The molecule has 0 aliphatic rings. The number of nitrogens with one attached hydrogen (secondary N) is 1. The summed E-state index contributed by atoms with van der Waals surface area (Å²) in [7, 11) is -1.54. The number of aromatic nitrogens is 5. The van der Waals surface area contributed by atoms with Crippen LogP contribution in [0.4, 0.5) is 15.9 Å². The van der Waals surface area contributed by atoms with Crippen molar-refractivity contribution < 1.29 is 17.5 Å². The van der Waals surface area contributed by atoms with Crippen molar-refractivity contribution in [2.45, 2.75) is 18.1 Å². The Kier molecular flexibility index (Phi) is 10.1. The number of hydrogen-bond acceptors (Lipinski definition) is 11. The number of nitrogens with zero attached hydrogens (tertiary/aromatic N) is 6. The molecule has 0 amide bonds. The number of fused-ring (bicyclic) bond motifs is 1. The second-order valence-corrected chi connectivity index (χ2v) is 14.5. The first-order chi connectivity index (χ1) is 22.7. The van der Waals surface area contributed by atoms with E-state index in [1.165, 1.54) is 42.1 Å². The zero-order valence-electron chi connectivity index (χ0n) is 25.2. The highest BCUT2D eigenvalue weighted by atomic mass is 79.9. The fourth-order valence-electron chi connectivity index (χ4n) is 4.67. The molecule has 0 radical (unpaired) electrons. The number of hydrogen-bond donors (Lipinski definition) is 1. The Morgan fingerprint density at radius 1 is 0.979 bits per heavy atom. The molecule has 14 heteroatoms. The van der Waals surface area contributed by atoms with Crippen LogP contribution in [0.5, 0.6) is 5.75 Å². The smallest absolute Gasteiger partial charge is 0.196 e. The molecule has 6 aromatic rings. The van der Waals surface area contributed by atoms with Crippen LogP contribution >= 0.6 is 27.3 Å². The van der Waals surface area contributed by atoms with Crippen molar-refractivity contribution in [2.75, 3.05) is 31.2 Å². The molecule has 2 aromatic carbocycles. The number of pyridine rings is 2. The molecule has 47 heavy (non-hydrogen) atoms. The lowest BCUT2D eigenvalue weighted by atomic mass is 10.2. The molecule has 0 aliphatic carbocycles. The highest BCUT2D eigenvalue weighted by molar-refractivity contribution is 9.10. The van der Waals surface area contributed by atoms with Crippen LogP contribution in [0.1, 0.15) is 10.6 Å². The van der Waals surface area contributed by atoms with E-state index in [2.05, 4.69) is 41.2 Å². The Hall–Kier alpha value is -4.37. The maximum atomic E-state index is 13.5. The largest absolute Gasteiger partial charge is 0.488 e. The minimum atomic E-state index is -3.44. The lowest BCUT2D eigenvalue weighted by Crippen LogP contribution is -2.28. The van der Waals surface area contributed by atoms with Gasteiger partial charge in [0.05, 0.1) is 38.3 Å². The van der Waals surface area contributed by atoms with Gasteiger partial charge in [0.25, 0.3) is 0 Å². The van der Waals surface area contributed by atoms with Crippen molar-refractivity contribution >= 4 is 59.5 Å². The summed E-state index contributed by atoms with van der Waals surface area (Å²) in [6, 6.07) is 18.7. The zero-order valence-corrected chi connectivity index (χ0v) is 28.4. The SMILES string of the molecule is CN(CCc1nc(-c2cc3c(Nc4ccc(OCc5cccc(F)c5)c(Br)c4)ncnc3cn2)cs1)CCS(=O)(=O)c1ccccn1. The first-order valence-corrected chi connectivity index (χ1v) is 17.9. The van der Waals surface area contributed by atoms with Crippen molar-refractivity contribution in [3.05, 3.63) is 112 Å². The normalized spacial score (nSPS) is 11.7. The summed E-state index contributed by atoms with van der Waals surface area (Å²) in [5.41, 5.74) is 3.62. The van der Waals surface area contributed by atoms with Crippen LogP contribution in [0.2, 0.25) is 0 Å². The molecule has 0 aliphatic heterocycles. The van der Waals surface area contributed by atoms with Gasteiger partial charge in [0.15, 0.2) is 14.9 Å². The van der Waals surface area contributed by atoms with Gasteiger partial charge in [-0.3, -0.25) is 4.98 Å². The number of thiazole rings is 1. The predicted molar refractivity (Wildman–Crippen MR) is 184 cm³/mol. The van der Waals surface area contributed by atoms with Gasteiger partial charge in [-0.25, -0.2) is 32.7 Å². The molecule has 0 unspecified atom stereocenters. The summed E-state index contributed by atoms with van der Waals surface area (Å²) in [5.74, 6) is 0.924. The Labute approximate surface area is 283 Å².